The minimum absolute atomic E-state index is 0. The zero-order valence-electron chi connectivity index (χ0n) is 13.6. The van der Waals surface area contributed by atoms with Gasteiger partial charge in [0.1, 0.15) is 0 Å². The number of hydrogen-bond acceptors (Lipinski definition) is 2. The summed E-state index contributed by atoms with van der Waals surface area (Å²) in [5.74, 6) is 0.780. The molecule has 1 saturated heterocycles. The molecule has 1 aromatic carbocycles. The van der Waals surface area contributed by atoms with E-state index < -0.39 is 0 Å². The smallest absolute Gasteiger partial charge is 0.229 e. The second kappa shape index (κ2) is 6.80. The molecule has 0 aliphatic carbocycles. The highest BCUT2D eigenvalue weighted by atomic mass is 35.5. The lowest BCUT2D eigenvalue weighted by atomic mass is 9.86. The molecule has 21 heavy (non-hydrogen) atoms. The van der Waals surface area contributed by atoms with Gasteiger partial charge in [-0.05, 0) is 42.1 Å². The Morgan fingerprint density at radius 3 is 2.14 bits per heavy atom. The van der Waals surface area contributed by atoms with Gasteiger partial charge in [-0.2, -0.15) is 0 Å². The highest BCUT2D eigenvalue weighted by Crippen LogP contribution is 2.26. The number of rotatable bonds is 3. The van der Waals surface area contributed by atoms with Gasteiger partial charge in [0.05, 0.1) is 0 Å². The fourth-order valence-corrected chi connectivity index (χ4v) is 2.48. The van der Waals surface area contributed by atoms with Gasteiger partial charge in [-0.1, -0.05) is 39.8 Å². The lowest BCUT2D eigenvalue weighted by molar-refractivity contribution is -0.123. The Morgan fingerprint density at radius 2 is 1.76 bits per heavy atom. The third-order valence-corrected chi connectivity index (χ3v) is 4.36. The van der Waals surface area contributed by atoms with Gasteiger partial charge in [-0.3, -0.25) is 4.79 Å². The standard InChI is InChI=1S/C17H26N2O.ClH/c1-12(13-10-18-11-13)16(20)19(5)15-8-6-14(7-9-15)17(2,3)4;/h6-9,12-13,18H,10-11H2,1-5H3;1H. The fraction of sp³-hybridized carbons (Fsp3) is 0.588. The molecule has 1 heterocycles. The number of anilines is 1. The van der Waals surface area contributed by atoms with Crippen molar-refractivity contribution in [3.05, 3.63) is 29.8 Å². The van der Waals surface area contributed by atoms with Crippen LogP contribution in [0.25, 0.3) is 0 Å². The molecule has 0 bridgehead atoms. The molecule has 0 spiro atoms. The molecular weight excluding hydrogens is 284 g/mol. The maximum Gasteiger partial charge on any atom is 0.229 e. The van der Waals surface area contributed by atoms with E-state index in [2.05, 4.69) is 38.2 Å². The number of carbonyl (C=O) groups excluding carboxylic acids is 1. The van der Waals surface area contributed by atoms with E-state index in [4.69, 9.17) is 0 Å². The summed E-state index contributed by atoms with van der Waals surface area (Å²) in [5, 5.41) is 3.23. The predicted octanol–water partition coefficient (Wildman–Crippen LogP) is 3.22. The van der Waals surface area contributed by atoms with E-state index in [0.29, 0.717) is 5.92 Å². The van der Waals surface area contributed by atoms with E-state index in [1.807, 2.05) is 26.1 Å². The lowest BCUT2D eigenvalue weighted by Crippen LogP contribution is -2.50. The summed E-state index contributed by atoms with van der Waals surface area (Å²) in [6.45, 7) is 10.6. The zero-order chi connectivity index (χ0) is 14.9. The van der Waals surface area contributed by atoms with Crippen LogP contribution in [-0.4, -0.2) is 26.0 Å². The van der Waals surface area contributed by atoms with Crippen LogP contribution in [0.4, 0.5) is 5.69 Å². The first kappa shape index (κ1) is 18.0. The van der Waals surface area contributed by atoms with Crippen molar-refractivity contribution in [1.82, 2.24) is 5.32 Å². The van der Waals surface area contributed by atoms with E-state index >= 15 is 0 Å². The maximum absolute atomic E-state index is 12.5. The summed E-state index contributed by atoms with van der Waals surface area (Å²) in [5.41, 5.74) is 2.41. The normalized spacial score (nSPS) is 16.6. The first-order valence-electron chi connectivity index (χ1n) is 7.39. The molecule has 1 amide bonds. The molecule has 1 aliphatic rings. The monoisotopic (exact) mass is 310 g/mol. The van der Waals surface area contributed by atoms with Crippen molar-refractivity contribution in [3.63, 3.8) is 0 Å². The Hall–Kier alpha value is -1.06. The second-order valence-corrected chi connectivity index (χ2v) is 6.90. The quantitative estimate of drug-likeness (QED) is 0.929. The van der Waals surface area contributed by atoms with Gasteiger partial charge in [0.15, 0.2) is 0 Å². The maximum atomic E-state index is 12.5. The van der Waals surface area contributed by atoms with Crippen molar-refractivity contribution in [2.75, 3.05) is 25.0 Å². The number of amides is 1. The van der Waals surface area contributed by atoms with E-state index in [1.165, 1.54) is 5.56 Å². The van der Waals surface area contributed by atoms with Gasteiger partial charge < -0.3 is 10.2 Å². The summed E-state index contributed by atoms with van der Waals surface area (Å²) in [7, 11) is 1.87. The summed E-state index contributed by atoms with van der Waals surface area (Å²) in [6.07, 6.45) is 0. The molecule has 0 saturated carbocycles. The Balaban J connectivity index is 0.00000220. The molecular formula is C17H27ClN2O. The number of carbonyl (C=O) groups is 1. The first-order chi connectivity index (χ1) is 9.30. The van der Waals surface area contributed by atoms with Crippen LogP contribution < -0.4 is 10.2 Å². The van der Waals surface area contributed by atoms with Gasteiger partial charge in [-0.25, -0.2) is 0 Å². The Morgan fingerprint density at radius 1 is 1.24 bits per heavy atom. The summed E-state index contributed by atoms with van der Waals surface area (Å²) >= 11 is 0. The number of benzene rings is 1. The van der Waals surface area contributed by atoms with Gasteiger partial charge >= 0.3 is 0 Å². The lowest BCUT2D eigenvalue weighted by Gasteiger charge is -2.34. The molecule has 1 aromatic rings. The molecule has 0 radical (unpaired) electrons. The van der Waals surface area contributed by atoms with Crippen molar-refractivity contribution in [3.8, 4) is 0 Å². The average molecular weight is 311 g/mol. The van der Waals surface area contributed by atoms with Crippen LogP contribution in [0.1, 0.15) is 33.3 Å². The molecule has 2 rings (SSSR count). The minimum atomic E-state index is 0. The second-order valence-electron chi connectivity index (χ2n) is 6.90. The molecule has 1 fully saturated rings. The van der Waals surface area contributed by atoms with Crippen molar-refractivity contribution < 1.29 is 4.79 Å². The van der Waals surface area contributed by atoms with Crippen molar-refractivity contribution in [1.29, 1.82) is 0 Å². The Bertz CT molecular complexity index is 475. The first-order valence-corrected chi connectivity index (χ1v) is 7.39. The van der Waals surface area contributed by atoms with Crippen LogP contribution in [0.15, 0.2) is 24.3 Å². The van der Waals surface area contributed by atoms with Crippen molar-refractivity contribution >= 4 is 24.0 Å². The van der Waals surface area contributed by atoms with E-state index in [0.717, 1.165) is 18.8 Å². The zero-order valence-corrected chi connectivity index (χ0v) is 14.5. The number of nitrogens with zero attached hydrogens (tertiary/aromatic N) is 1. The number of nitrogens with one attached hydrogen (secondary N) is 1. The minimum Gasteiger partial charge on any atom is -0.316 e. The Kier molecular flexibility index (Phi) is 5.83. The molecule has 1 atom stereocenters. The molecule has 1 N–H and O–H groups in total. The van der Waals surface area contributed by atoms with Crippen LogP contribution in [-0.2, 0) is 10.2 Å². The van der Waals surface area contributed by atoms with Crippen LogP contribution in [0.5, 0.6) is 0 Å². The molecule has 4 heteroatoms. The predicted molar refractivity (Wildman–Crippen MR) is 91.3 cm³/mol. The van der Waals surface area contributed by atoms with E-state index in [9.17, 15) is 4.79 Å². The summed E-state index contributed by atoms with van der Waals surface area (Å²) in [6, 6.07) is 8.33. The molecule has 0 aromatic heterocycles. The third-order valence-electron chi connectivity index (χ3n) is 4.36. The van der Waals surface area contributed by atoms with E-state index in [1.54, 1.807) is 4.90 Å². The molecule has 1 aliphatic heterocycles. The Labute approximate surface area is 134 Å². The van der Waals surface area contributed by atoms with Crippen LogP contribution >= 0.6 is 12.4 Å². The van der Waals surface area contributed by atoms with Gasteiger partial charge in [0.2, 0.25) is 5.91 Å². The third kappa shape index (κ3) is 3.98. The molecule has 118 valence electrons. The van der Waals surface area contributed by atoms with Gasteiger partial charge in [0.25, 0.3) is 0 Å². The summed E-state index contributed by atoms with van der Waals surface area (Å²) in [4.78, 5) is 14.2. The van der Waals surface area contributed by atoms with Crippen LogP contribution in [0, 0.1) is 11.8 Å². The van der Waals surface area contributed by atoms with Crippen LogP contribution in [0.3, 0.4) is 0 Å². The summed E-state index contributed by atoms with van der Waals surface area (Å²) < 4.78 is 0. The van der Waals surface area contributed by atoms with Gasteiger partial charge in [0, 0.05) is 18.7 Å². The van der Waals surface area contributed by atoms with Gasteiger partial charge in [-0.15, -0.1) is 12.4 Å². The SMILES string of the molecule is CC(C(=O)N(C)c1ccc(C(C)(C)C)cc1)C1CNC1.Cl. The molecule has 3 nitrogen and oxygen atoms in total. The van der Waals surface area contributed by atoms with Crippen molar-refractivity contribution in [2.24, 2.45) is 11.8 Å². The highest BCUT2D eigenvalue weighted by molar-refractivity contribution is 5.94. The fourth-order valence-electron chi connectivity index (χ4n) is 2.48. The van der Waals surface area contributed by atoms with Crippen molar-refractivity contribution in [2.45, 2.75) is 33.1 Å². The topological polar surface area (TPSA) is 32.3 Å². The molecule has 1 unspecified atom stereocenters. The number of halogens is 1. The van der Waals surface area contributed by atoms with Crippen LogP contribution in [0.2, 0.25) is 0 Å². The average Bonchev–Trinajstić information content (AvgIpc) is 2.34. The highest BCUT2D eigenvalue weighted by Gasteiger charge is 2.30. The number of hydrogen-bond donors (Lipinski definition) is 1. The van der Waals surface area contributed by atoms with E-state index in [-0.39, 0.29) is 29.6 Å². The largest absolute Gasteiger partial charge is 0.316 e.